The maximum absolute atomic E-state index is 12.2. The Morgan fingerprint density at radius 2 is 1.90 bits per heavy atom. The van der Waals surface area contributed by atoms with Crippen LogP contribution in [0.1, 0.15) is 21.5 Å². The van der Waals surface area contributed by atoms with E-state index in [0.717, 1.165) is 22.0 Å². The third-order valence-corrected chi connectivity index (χ3v) is 5.57. The molecule has 0 aliphatic rings. The zero-order valence-electron chi connectivity index (χ0n) is 15.5. The van der Waals surface area contributed by atoms with Crippen molar-refractivity contribution in [3.63, 3.8) is 0 Å². The molecule has 0 saturated carbocycles. The van der Waals surface area contributed by atoms with Crippen LogP contribution in [-0.2, 0) is 6.54 Å². The molecule has 0 aliphatic carbocycles. The largest absolute Gasteiger partial charge is 0.342 e. The summed E-state index contributed by atoms with van der Waals surface area (Å²) in [5.41, 5.74) is 5.67. The molecule has 2 aromatic carbocycles. The minimum Gasteiger partial charge on any atom is -0.342 e. The second-order valence-corrected chi connectivity index (χ2v) is 7.69. The minimum atomic E-state index is -0.427. The molecule has 1 N–H and O–H groups in total. The van der Waals surface area contributed by atoms with Crippen LogP contribution in [0, 0.1) is 0 Å². The van der Waals surface area contributed by atoms with Gasteiger partial charge in [0.05, 0.1) is 21.8 Å². The molecule has 2 aromatic heterocycles. The quantitative estimate of drug-likeness (QED) is 0.234. The average molecular weight is 458 g/mol. The second kappa shape index (κ2) is 8.88. The van der Waals surface area contributed by atoms with E-state index >= 15 is 0 Å². The number of hydrazone groups is 1. The van der Waals surface area contributed by atoms with E-state index in [9.17, 15) is 4.79 Å². The van der Waals surface area contributed by atoms with Gasteiger partial charge in [-0.05, 0) is 35.9 Å². The molecule has 30 heavy (non-hydrogen) atoms. The van der Waals surface area contributed by atoms with Gasteiger partial charge in [0.15, 0.2) is 0 Å². The average Bonchev–Trinajstić information content (AvgIpc) is 3.08. The molecule has 0 unspecified atom stereocenters. The number of nitrogens with one attached hydrogen (secondary N) is 1. The van der Waals surface area contributed by atoms with Crippen molar-refractivity contribution in [2.45, 2.75) is 6.54 Å². The van der Waals surface area contributed by atoms with Gasteiger partial charge >= 0.3 is 0 Å². The van der Waals surface area contributed by atoms with Crippen molar-refractivity contribution < 1.29 is 4.79 Å². The summed E-state index contributed by atoms with van der Waals surface area (Å²) < 4.78 is 2.09. The van der Waals surface area contributed by atoms with Crippen molar-refractivity contribution in [3.05, 3.63) is 98.9 Å². The summed E-state index contributed by atoms with van der Waals surface area (Å²) in [6, 6.07) is 16.8. The number of carbonyl (C=O) groups is 1. The lowest BCUT2D eigenvalue weighted by molar-refractivity contribution is 0.0955. The van der Waals surface area contributed by atoms with Crippen LogP contribution in [0.4, 0.5) is 0 Å². The first-order chi connectivity index (χ1) is 14.5. The van der Waals surface area contributed by atoms with Crippen molar-refractivity contribution in [3.8, 4) is 0 Å². The molecule has 0 aliphatic heterocycles. The molecule has 0 bridgehead atoms. The molecule has 4 rings (SSSR count). The Hall–Kier alpha value is -2.86. The number of aromatic nitrogens is 2. The van der Waals surface area contributed by atoms with E-state index in [1.54, 1.807) is 24.4 Å². The molecule has 1 amide bonds. The highest BCUT2D eigenvalue weighted by atomic mass is 35.5. The molecular formula is C22H15Cl3N4O. The van der Waals surface area contributed by atoms with Crippen LogP contribution < -0.4 is 5.43 Å². The molecule has 0 radical (unpaired) electrons. The topological polar surface area (TPSA) is 59.3 Å². The summed E-state index contributed by atoms with van der Waals surface area (Å²) in [6.45, 7) is 0.614. The van der Waals surface area contributed by atoms with Crippen molar-refractivity contribution in [1.29, 1.82) is 0 Å². The molecule has 4 aromatic rings. The van der Waals surface area contributed by atoms with E-state index in [2.05, 4.69) is 20.1 Å². The Labute approximate surface area is 187 Å². The zero-order chi connectivity index (χ0) is 21.1. The van der Waals surface area contributed by atoms with Gasteiger partial charge in [-0.25, -0.2) is 10.4 Å². The number of hydrogen-bond donors (Lipinski definition) is 1. The lowest BCUT2D eigenvalue weighted by Gasteiger charge is -2.06. The van der Waals surface area contributed by atoms with E-state index < -0.39 is 5.91 Å². The first kappa shape index (κ1) is 20.4. The Bertz CT molecular complexity index is 1270. The van der Waals surface area contributed by atoms with Crippen molar-refractivity contribution in [2.75, 3.05) is 0 Å². The predicted molar refractivity (Wildman–Crippen MR) is 122 cm³/mol. The summed E-state index contributed by atoms with van der Waals surface area (Å²) in [5, 5.41) is 6.27. The third-order valence-electron chi connectivity index (χ3n) is 4.53. The first-order valence-corrected chi connectivity index (χ1v) is 10.1. The molecule has 0 fully saturated rings. The number of benzene rings is 2. The van der Waals surface area contributed by atoms with Crippen molar-refractivity contribution in [1.82, 2.24) is 15.0 Å². The van der Waals surface area contributed by atoms with Crippen molar-refractivity contribution >= 4 is 57.8 Å². The SMILES string of the molecule is O=C(NN=Cc1cn(Cc2ccc(Cl)c(Cl)c2)c2ccccc12)c1cccnc1Cl. The zero-order valence-corrected chi connectivity index (χ0v) is 17.8. The summed E-state index contributed by atoms with van der Waals surface area (Å²) in [6.07, 6.45) is 5.10. The van der Waals surface area contributed by atoms with Gasteiger partial charge in [-0.1, -0.05) is 59.1 Å². The van der Waals surface area contributed by atoms with E-state index in [1.807, 2.05) is 42.6 Å². The van der Waals surface area contributed by atoms with Crippen LogP contribution in [0.3, 0.4) is 0 Å². The molecule has 0 saturated heterocycles. The minimum absolute atomic E-state index is 0.128. The summed E-state index contributed by atoms with van der Waals surface area (Å²) >= 11 is 18.1. The van der Waals surface area contributed by atoms with E-state index in [4.69, 9.17) is 34.8 Å². The smallest absolute Gasteiger partial charge is 0.274 e. The van der Waals surface area contributed by atoms with Gasteiger partial charge in [-0.2, -0.15) is 5.10 Å². The molecular weight excluding hydrogens is 443 g/mol. The number of para-hydroxylation sites is 1. The number of rotatable bonds is 5. The van der Waals surface area contributed by atoms with E-state index in [1.165, 1.54) is 6.20 Å². The van der Waals surface area contributed by atoms with Gasteiger partial charge in [-0.15, -0.1) is 0 Å². The van der Waals surface area contributed by atoms with Gasteiger partial charge in [0.2, 0.25) is 0 Å². The van der Waals surface area contributed by atoms with Crippen LogP contribution in [0.5, 0.6) is 0 Å². The van der Waals surface area contributed by atoms with Gasteiger partial charge in [0.1, 0.15) is 5.15 Å². The monoisotopic (exact) mass is 456 g/mol. The summed E-state index contributed by atoms with van der Waals surface area (Å²) in [7, 11) is 0. The highest BCUT2D eigenvalue weighted by Crippen LogP contribution is 2.25. The number of amides is 1. The predicted octanol–water partition coefficient (Wildman–Crippen LogP) is 5.81. The number of fused-ring (bicyclic) bond motifs is 1. The molecule has 2 heterocycles. The fourth-order valence-electron chi connectivity index (χ4n) is 3.12. The van der Waals surface area contributed by atoms with Crippen LogP contribution in [-0.4, -0.2) is 21.7 Å². The Morgan fingerprint density at radius 1 is 1.07 bits per heavy atom. The molecule has 5 nitrogen and oxygen atoms in total. The Kier molecular flexibility index (Phi) is 6.04. The number of hydrogen-bond acceptors (Lipinski definition) is 3. The standard InChI is InChI=1S/C22H15Cl3N4O/c23-18-8-7-14(10-19(18)24)12-29-13-15(16-4-1-2-6-20(16)29)11-27-28-22(30)17-5-3-9-26-21(17)25/h1-11,13H,12H2,(H,28,30). The lowest BCUT2D eigenvalue weighted by Crippen LogP contribution is -2.18. The maximum atomic E-state index is 12.2. The number of nitrogens with zero attached hydrogens (tertiary/aromatic N) is 3. The molecule has 0 spiro atoms. The summed E-state index contributed by atoms with van der Waals surface area (Å²) in [5.74, 6) is -0.427. The first-order valence-electron chi connectivity index (χ1n) is 8.98. The van der Waals surface area contributed by atoms with Gasteiger partial charge in [0, 0.05) is 35.4 Å². The second-order valence-electron chi connectivity index (χ2n) is 6.52. The molecule has 8 heteroatoms. The van der Waals surface area contributed by atoms with E-state index in [-0.39, 0.29) is 10.7 Å². The van der Waals surface area contributed by atoms with Crippen LogP contribution in [0.15, 0.2) is 72.1 Å². The van der Waals surface area contributed by atoms with E-state index in [0.29, 0.717) is 16.6 Å². The molecule has 0 atom stereocenters. The Morgan fingerprint density at radius 3 is 2.70 bits per heavy atom. The fraction of sp³-hybridized carbons (Fsp3) is 0.0455. The fourth-order valence-corrected chi connectivity index (χ4v) is 3.65. The van der Waals surface area contributed by atoms with Gasteiger partial charge < -0.3 is 4.57 Å². The summed E-state index contributed by atoms with van der Waals surface area (Å²) in [4.78, 5) is 16.1. The van der Waals surface area contributed by atoms with Crippen molar-refractivity contribution in [2.24, 2.45) is 5.10 Å². The van der Waals surface area contributed by atoms with Gasteiger partial charge in [0.25, 0.3) is 5.91 Å². The highest BCUT2D eigenvalue weighted by molar-refractivity contribution is 6.42. The van der Waals surface area contributed by atoms with Crippen LogP contribution in [0.2, 0.25) is 15.2 Å². The normalized spacial score (nSPS) is 11.3. The lowest BCUT2D eigenvalue weighted by atomic mass is 10.2. The highest BCUT2D eigenvalue weighted by Gasteiger charge is 2.11. The number of pyridine rings is 1. The molecule has 150 valence electrons. The number of halogens is 3. The third kappa shape index (κ3) is 4.33. The van der Waals surface area contributed by atoms with Crippen LogP contribution >= 0.6 is 34.8 Å². The van der Waals surface area contributed by atoms with Crippen LogP contribution in [0.25, 0.3) is 10.9 Å². The maximum Gasteiger partial charge on any atom is 0.274 e. The Balaban J connectivity index is 1.59. The van der Waals surface area contributed by atoms with Gasteiger partial charge in [-0.3, -0.25) is 4.79 Å². The number of carbonyl (C=O) groups excluding carboxylic acids is 1.